The first-order valence-corrected chi connectivity index (χ1v) is 13.0. The maximum Gasteiger partial charge on any atom is 1.00 e. The van der Waals surface area contributed by atoms with Crippen LogP contribution >= 0.6 is 0 Å². The average molecular weight is 429 g/mol. The van der Waals surface area contributed by atoms with Gasteiger partial charge in [0.1, 0.15) is 0 Å². The standard InChI is InChI=1S/C22H46O4S.Na/c1-3-5-7-14-17-21(23)18-15-12-10-8-9-11-13-16-20-22(19-6-4-2)27(24,25)26;/h21-23H,3-20H2,1-2H3,(H,24,25,26);/q;+1/p-1. The molecule has 0 aliphatic carbocycles. The molecule has 0 bridgehead atoms. The summed E-state index contributed by atoms with van der Waals surface area (Å²) in [5, 5.41) is 9.26. The molecule has 0 radical (unpaired) electrons. The Hall–Kier alpha value is 0.870. The van der Waals surface area contributed by atoms with Gasteiger partial charge in [-0.05, 0) is 25.7 Å². The summed E-state index contributed by atoms with van der Waals surface area (Å²) >= 11 is 0. The van der Waals surface area contributed by atoms with Crippen molar-refractivity contribution in [2.24, 2.45) is 0 Å². The summed E-state index contributed by atoms with van der Waals surface area (Å²) in [5.74, 6) is 0. The minimum atomic E-state index is -4.13. The van der Waals surface area contributed by atoms with Crippen molar-refractivity contribution in [3.63, 3.8) is 0 Å². The van der Waals surface area contributed by atoms with Gasteiger partial charge in [0, 0.05) is 5.25 Å². The minimum Gasteiger partial charge on any atom is -0.748 e. The van der Waals surface area contributed by atoms with E-state index in [9.17, 15) is 18.1 Å². The molecule has 0 spiro atoms. The van der Waals surface area contributed by atoms with Gasteiger partial charge in [-0.25, -0.2) is 8.42 Å². The van der Waals surface area contributed by atoms with E-state index in [0.717, 1.165) is 57.8 Å². The Kier molecular flexibility index (Phi) is 23.4. The Morgan fingerprint density at radius 2 is 1.00 bits per heavy atom. The molecule has 28 heavy (non-hydrogen) atoms. The van der Waals surface area contributed by atoms with E-state index in [2.05, 4.69) is 6.92 Å². The molecule has 0 rings (SSSR count). The molecule has 0 saturated heterocycles. The van der Waals surface area contributed by atoms with Crippen molar-refractivity contribution < 1.29 is 47.6 Å². The van der Waals surface area contributed by atoms with E-state index in [4.69, 9.17) is 0 Å². The van der Waals surface area contributed by atoms with Gasteiger partial charge in [-0.3, -0.25) is 0 Å². The normalized spacial score (nSPS) is 13.9. The number of hydrogen-bond donors (Lipinski definition) is 1. The average Bonchev–Trinajstić information content (AvgIpc) is 2.61. The molecular weight excluding hydrogens is 383 g/mol. The molecule has 0 saturated carbocycles. The van der Waals surface area contributed by atoms with Gasteiger partial charge in [-0.2, -0.15) is 0 Å². The van der Waals surface area contributed by atoms with Crippen LogP contribution in [0.15, 0.2) is 0 Å². The number of unbranched alkanes of at least 4 members (excludes halogenated alkanes) is 11. The molecule has 0 aromatic rings. The van der Waals surface area contributed by atoms with Gasteiger partial charge < -0.3 is 9.66 Å². The van der Waals surface area contributed by atoms with Crippen LogP contribution in [-0.4, -0.2) is 29.4 Å². The van der Waals surface area contributed by atoms with Gasteiger partial charge in [-0.1, -0.05) is 104 Å². The number of aliphatic hydroxyl groups is 1. The van der Waals surface area contributed by atoms with Gasteiger partial charge in [0.25, 0.3) is 0 Å². The van der Waals surface area contributed by atoms with E-state index in [0.29, 0.717) is 12.8 Å². The molecule has 0 aromatic carbocycles. The van der Waals surface area contributed by atoms with Crippen molar-refractivity contribution in [2.45, 2.75) is 141 Å². The summed E-state index contributed by atoms with van der Waals surface area (Å²) in [4.78, 5) is 0. The van der Waals surface area contributed by atoms with Crippen molar-refractivity contribution in [2.75, 3.05) is 0 Å². The van der Waals surface area contributed by atoms with E-state index in [1.165, 1.54) is 44.9 Å². The largest absolute Gasteiger partial charge is 1.00 e. The fraction of sp³-hybridized carbons (Fsp3) is 1.00. The maximum atomic E-state index is 11.3. The third kappa shape index (κ3) is 20.2. The summed E-state index contributed by atoms with van der Waals surface area (Å²) in [6.07, 6.45) is 18.4. The van der Waals surface area contributed by atoms with E-state index in [-0.39, 0.29) is 35.7 Å². The van der Waals surface area contributed by atoms with Crippen molar-refractivity contribution in [1.29, 1.82) is 0 Å². The second-order valence-corrected chi connectivity index (χ2v) is 9.82. The van der Waals surface area contributed by atoms with Crippen molar-refractivity contribution in [1.82, 2.24) is 0 Å². The first-order chi connectivity index (χ1) is 12.9. The molecule has 4 nitrogen and oxygen atoms in total. The minimum absolute atomic E-state index is 0. The van der Waals surface area contributed by atoms with Crippen LogP contribution < -0.4 is 29.6 Å². The molecule has 0 aromatic heterocycles. The molecule has 1 N–H and O–H groups in total. The van der Waals surface area contributed by atoms with Crippen LogP contribution in [0.2, 0.25) is 0 Å². The molecular formula is C22H45NaO4S. The first-order valence-electron chi connectivity index (χ1n) is 11.5. The second-order valence-electron chi connectivity index (χ2n) is 8.17. The van der Waals surface area contributed by atoms with E-state index < -0.39 is 15.4 Å². The Morgan fingerprint density at radius 3 is 1.43 bits per heavy atom. The second kappa shape index (κ2) is 21.1. The maximum absolute atomic E-state index is 11.3. The fourth-order valence-corrected chi connectivity index (χ4v) is 4.54. The summed E-state index contributed by atoms with van der Waals surface area (Å²) in [6.45, 7) is 4.22. The molecule has 0 fully saturated rings. The van der Waals surface area contributed by atoms with Gasteiger partial charge in [0.2, 0.25) is 0 Å². The Labute approximate surface area is 197 Å². The van der Waals surface area contributed by atoms with Crippen LogP contribution in [-0.2, 0) is 10.1 Å². The van der Waals surface area contributed by atoms with Crippen LogP contribution in [0, 0.1) is 0 Å². The third-order valence-corrected chi connectivity index (χ3v) is 6.78. The van der Waals surface area contributed by atoms with Crippen LogP contribution in [0.25, 0.3) is 0 Å². The Bertz CT molecular complexity index is 415. The molecule has 164 valence electrons. The molecule has 2 atom stereocenters. The topological polar surface area (TPSA) is 77.4 Å². The Morgan fingerprint density at radius 1 is 0.643 bits per heavy atom. The SMILES string of the molecule is CCCCCCC(O)CCCCCCCCCCC(CCCC)S(=O)(=O)[O-].[Na+]. The van der Waals surface area contributed by atoms with Gasteiger partial charge in [-0.15, -0.1) is 0 Å². The molecule has 2 unspecified atom stereocenters. The van der Waals surface area contributed by atoms with Crippen molar-refractivity contribution >= 4 is 10.1 Å². The molecule has 0 aliphatic rings. The Balaban J connectivity index is 0. The molecule has 0 aliphatic heterocycles. The van der Waals surface area contributed by atoms with Crippen molar-refractivity contribution in [3.05, 3.63) is 0 Å². The monoisotopic (exact) mass is 428 g/mol. The number of rotatable bonds is 20. The van der Waals surface area contributed by atoms with E-state index >= 15 is 0 Å². The quantitative estimate of drug-likeness (QED) is 0.183. The predicted octanol–water partition coefficient (Wildman–Crippen LogP) is 3.33. The first kappa shape index (κ1) is 31.1. The van der Waals surface area contributed by atoms with Crippen LogP contribution in [0.5, 0.6) is 0 Å². The van der Waals surface area contributed by atoms with Gasteiger partial charge in [0.05, 0.1) is 16.2 Å². The smallest absolute Gasteiger partial charge is 0.748 e. The number of aliphatic hydroxyl groups excluding tert-OH is 1. The zero-order valence-electron chi connectivity index (χ0n) is 19.0. The summed E-state index contributed by atoms with van der Waals surface area (Å²) in [5.41, 5.74) is 0. The predicted molar refractivity (Wildman–Crippen MR) is 114 cm³/mol. The molecule has 0 heterocycles. The third-order valence-electron chi connectivity index (χ3n) is 5.49. The van der Waals surface area contributed by atoms with Gasteiger partial charge >= 0.3 is 29.6 Å². The van der Waals surface area contributed by atoms with Crippen LogP contribution in [0.1, 0.15) is 129 Å². The summed E-state index contributed by atoms with van der Waals surface area (Å²) < 4.78 is 33.8. The van der Waals surface area contributed by atoms with Crippen LogP contribution in [0.3, 0.4) is 0 Å². The van der Waals surface area contributed by atoms with Crippen LogP contribution in [0.4, 0.5) is 0 Å². The number of hydrogen-bond acceptors (Lipinski definition) is 4. The molecule has 6 heteroatoms. The zero-order valence-corrected chi connectivity index (χ0v) is 21.8. The van der Waals surface area contributed by atoms with Gasteiger partial charge in [0.15, 0.2) is 0 Å². The fourth-order valence-electron chi connectivity index (χ4n) is 3.63. The van der Waals surface area contributed by atoms with Crippen molar-refractivity contribution in [3.8, 4) is 0 Å². The zero-order chi connectivity index (χ0) is 20.4. The summed E-state index contributed by atoms with van der Waals surface area (Å²) in [6, 6.07) is 0. The summed E-state index contributed by atoms with van der Waals surface area (Å²) in [7, 11) is -4.13. The van der Waals surface area contributed by atoms with E-state index in [1.54, 1.807) is 0 Å². The van der Waals surface area contributed by atoms with E-state index in [1.807, 2.05) is 6.92 Å². The molecule has 0 amide bonds.